The topological polar surface area (TPSA) is 23.5 Å². The summed E-state index contributed by atoms with van der Waals surface area (Å²) in [6, 6.07) is 16.7. The minimum atomic E-state index is -0.754. The summed E-state index contributed by atoms with van der Waals surface area (Å²) in [5.41, 5.74) is 1.63. The van der Waals surface area contributed by atoms with Gasteiger partial charge in [-0.05, 0) is 24.6 Å². The van der Waals surface area contributed by atoms with Crippen LogP contribution in [0.3, 0.4) is 0 Å². The Morgan fingerprint density at radius 3 is 2.38 bits per heavy atom. The molecule has 2 aromatic carbocycles. The van der Waals surface area contributed by atoms with Crippen molar-refractivity contribution in [2.75, 3.05) is 13.1 Å². The van der Waals surface area contributed by atoms with Crippen molar-refractivity contribution >= 4 is 0 Å². The minimum absolute atomic E-state index is 0.337. The van der Waals surface area contributed by atoms with Crippen LogP contribution in [0, 0.1) is 5.82 Å². The second-order valence-corrected chi connectivity index (χ2v) is 5.18. The van der Waals surface area contributed by atoms with Crippen LogP contribution in [0.1, 0.15) is 30.6 Å². The summed E-state index contributed by atoms with van der Waals surface area (Å²) in [5.74, 6) is -0.337. The molecular weight excluding hydrogens is 265 g/mol. The minimum Gasteiger partial charge on any atom is -0.388 e. The highest BCUT2D eigenvalue weighted by atomic mass is 19.1. The van der Waals surface area contributed by atoms with Crippen LogP contribution >= 0.6 is 0 Å². The lowest BCUT2D eigenvalue weighted by molar-refractivity contribution is 0.138. The second kappa shape index (κ2) is 7.91. The molecule has 3 heteroatoms. The summed E-state index contributed by atoms with van der Waals surface area (Å²) in [6.07, 6.45) is -0.224. The number of nitrogens with zero attached hydrogens (tertiary/aromatic N) is 1. The highest BCUT2D eigenvalue weighted by Crippen LogP contribution is 2.20. The first-order valence-electron chi connectivity index (χ1n) is 7.39. The normalized spacial score (nSPS) is 12.6. The molecule has 0 amide bonds. The van der Waals surface area contributed by atoms with Crippen molar-refractivity contribution in [2.24, 2.45) is 0 Å². The summed E-state index contributed by atoms with van der Waals surface area (Å²) in [5, 5.41) is 10.1. The summed E-state index contributed by atoms with van der Waals surface area (Å²) in [6.45, 7) is 4.58. The van der Waals surface area contributed by atoms with E-state index >= 15 is 0 Å². The van der Waals surface area contributed by atoms with E-state index in [1.54, 1.807) is 18.2 Å². The van der Waals surface area contributed by atoms with Crippen molar-refractivity contribution in [1.29, 1.82) is 0 Å². The van der Waals surface area contributed by atoms with E-state index in [4.69, 9.17) is 0 Å². The van der Waals surface area contributed by atoms with Crippen LogP contribution in [0.5, 0.6) is 0 Å². The van der Waals surface area contributed by atoms with Crippen molar-refractivity contribution in [1.82, 2.24) is 4.90 Å². The Kier molecular flexibility index (Phi) is 5.90. The smallest absolute Gasteiger partial charge is 0.128 e. The molecule has 0 saturated carbocycles. The Morgan fingerprint density at radius 2 is 1.71 bits per heavy atom. The molecule has 1 unspecified atom stereocenters. The van der Waals surface area contributed by atoms with Gasteiger partial charge in [0.2, 0.25) is 0 Å². The molecule has 2 rings (SSSR count). The van der Waals surface area contributed by atoms with Crippen molar-refractivity contribution in [3.05, 3.63) is 71.5 Å². The van der Waals surface area contributed by atoms with E-state index in [9.17, 15) is 9.50 Å². The molecule has 112 valence electrons. The fraction of sp³-hybridized carbons (Fsp3) is 0.333. The number of halogens is 1. The molecule has 21 heavy (non-hydrogen) atoms. The Labute approximate surface area is 125 Å². The monoisotopic (exact) mass is 287 g/mol. The van der Waals surface area contributed by atoms with Crippen LogP contribution in [0.4, 0.5) is 4.39 Å². The first kappa shape index (κ1) is 15.7. The second-order valence-electron chi connectivity index (χ2n) is 5.18. The van der Waals surface area contributed by atoms with Crippen LogP contribution in [0.25, 0.3) is 0 Å². The molecule has 0 bridgehead atoms. The van der Waals surface area contributed by atoms with E-state index in [2.05, 4.69) is 24.0 Å². The molecule has 0 radical (unpaired) electrons. The molecule has 0 saturated heterocycles. The highest BCUT2D eigenvalue weighted by Gasteiger charge is 2.13. The molecule has 0 aliphatic carbocycles. The van der Waals surface area contributed by atoms with E-state index in [-0.39, 0.29) is 5.82 Å². The van der Waals surface area contributed by atoms with Crippen LogP contribution in [0.2, 0.25) is 0 Å². The van der Waals surface area contributed by atoms with Gasteiger partial charge >= 0.3 is 0 Å². The molecule has 0 fully saturated rings. The lowest BCUT2D eigenvalue weighted by Gasteiger charge is -2.22. The number of benzene rings is 2. The van der Waals surface area contributed by atoms with Crippen LogP contribution < -0.4 is 0 Å². The molecule has 0 spiro atoms. The molecule has 0 heterocycles. The van der Waals surface area contributed by atoms with Crippen molar-refractivity contribution < 1.29 is 9.50 Å². The quantitative estimate of drug-likeness (QED) is 0.838. The first-order valence-corrected chi connectivity index (χ1v) is 7.39. The predicted molar refractivity (Wildman–Crippen MR) is 83.4 cm³/mol. The predicted octanol–water partition coefficient (Wildman–Crippen LogP) is 3.77. The zero-order valence-electron chi connectivity index (χ0n) is 12.4. The maximum Gasteiger partial charge on any atom is 0.128 e. The summed E-state index contributed by atoms with van der Waals surface area (Å²) >= 11 is 0. The van der Waals surface area contributed by atoms with Crippen LogP contribution in [-0.4, -0.2) is 23.1 Å². The van der Waals surface area contributed by atoms with Gasteiger partial charge in [-0.1, -0.05) is 55.5 Å². The number of aliphatic hydroxyl groups excluding tert-OH is 1. The zero-order chi connectivity index (χ0) is 15.1. The Balaban J connectivity index is 1.90. The van der Waals surface area contributed by atoms with Gasteiger partial charge in [0.05, 0.1) is 6.10 Å². The third-order valence-electron chi connectivity index (χ3n) is 3.68. The number of rotatable bonds is 7. The van der Waals surface area contributed by atoms with E-state index in [1.165, 1.54) is 11.6 Å². The SMILES string of the molecule is CCN(CCC(O)c1ccccc1F)Cc1ccccc1. The maximum absolute atomic E-state index is 13.6. The van der Waals surface area contributed by atoms with Crippen molar-refractivity contribution in [2.45, 2.75) is 26.0 Å². The molecular formula is C18H22FNO. The maximum atomic E-state index is 13.6. The largest absolute Gasteiger partial charge is 0.388 e. The summed E-state index contributed by atoms with van der Waals surface area (Å²) in [4.78, 5) is 2.25. The molecule has 1 N–H and O–H groups in total. The van der Waals surface area contributed by atoms with Crippen LogP contribution in [0.15, 0.2) is 54.6 Å². The summed E-state index contributed by atoms with van der Waals surface area (Å²) in [7, 11) is 0. The molecule has 0 aliphatic heterocycles. The highest BCUT2D eigenvalue weighted by molar-refractivity contribution is 5.19. The third kappa shape index (κ3) is 4.66. The van der Waals surface area contributed by atoms with E-state index in [0.29, 0.717) is 12.0 Å². The lowest BCUT2D eigenvalue weighted by atomic mass is 10.1. The average Bonchev–Trinajstić information content (AvgIpc) is 2.52. The lowest BCUT2D eigenvalue weighted by Crippen LogP contribution is -2.25. The number of aliphatic hydroxyl groups is 1. The van der Waals surface area contributed by atoms with Gasteiger partial charge < -0.3 is 5.11 Å². The van der Waals surface area contributed by atoms with Gasteiger partial charge in [0.25, 0.3) is 0 Å². The third-order valence-corrected chi connectivity index (χ3v) is 3.68. The Morgan fingerprint density at radius 1 is 1.05 bits per heavy atom. The van der Waals surface area contributed by atoms with Gasteiger partial charge in [0.1, 0.15) is 5.82 Å². The Bertz CT molecular complexity index is 544. The van der Waals surface area contributed by atoms with E-state index in [1.807, 2.05) is 18.2 Å². The van der Waals surface area contributed by atoms with Gasteiger partial charge in [-0.3, -0.25) is 4.90 Å². The first-order chi connectivity index (χ1) is 10.2. The fourth-order valence-corrected chi connectivity index (χ4v) is 2.40. The van der Waals surface area contributed by atoms with Crippen LogP contribution in [-0.2, 0) is 6.54 Å². The Hall–Kier alpha value is -1.71. The molecule has 0 aliphatic rings. The van der Waals surface area contributed by atoms with Crippen molar-refractivity contribution in [3.8, 4) is 0 Å². The molecule has 2 nitrogen and oxygen atoms in total. The van der Waals surface area contributed by atoms with Gasteiger partial charge in [-0.25, -0.2) is 4.39 Å². The van der Waals surface area contributed by atoms with Gasteiger partial charge in [-0.15, -0.1) is 0 Å². The average molecular weight is 287 g/mol. The molecule has 1 atom stereocenters. The number of hydrogen-bond acceptors (Lipinski definition) is 2. The zero-order valence-corrected chi connectivity index (χ0v) is 12.4. The van der Waals surface area contributed by atoms with Crippen molar-refractivity contribution in [3.63, 3.8) is 0 Å². The fourth-order valence-electron chi connectivity index (χ4n) is 2.40. The molecule has 2 aromatic rings. The van der Waals surface area contributed by atoms with Gasteiger partial charge in [0, 0.05) is 18.7 Å². The van der Waals surface area contributed by atoms with E-state index in [0.717, 1.165) is 19.6 Å². The number of hydrogen-bond donors (Lipinski definition) is 1. The summed E-state index contributed by atoms with van der Waals surface area (Å²) < 4.78 is 13.6. The standard InChI is InChI=1S/C18H22FNO/c1-2-20(14-15-8-4-3-5-9-15)13-12-18(21)16-10-6-7-11-17(16)19/h3-11,18,21H,2,12-14H2,1H3. The molecule has 0 aromatic heterocycles. The van der Waals surface area contributed by atoms with Gasteiger partial charge in [-0.2, -0.15) is 0 Å². The van der Waals surface area contributed by atoms with E-state index < -0.39 is 6.10 Å². The van der Waals surface area contributed by atoms with Gasteiger partial charge in [0.15, 0.2) is 0 Å².